The van der Waals surface area contributed by atoms with Crippen molar-refractivity contribution in [1.29, 1.82) is 0 Å². The first kappa shape index (κ1) is 12.2. The maximum atomic E-state index is 12.4. The van der Waals surface area contributed by atoms with Crippen LogP contribution in [0.2, 0.25) is 0 Å². The summed E-state index contributed by atoms with van der Waals surface area (Å²) in [5.41, 5.74) is 0. The Morgan fingerprint density at radius 3 is 2.28 bits per heavy atom. The van der Waals surface area contributed by atoms with Crippen LogP contribution in [-0.2, 0) is 9.47 Å². The first-order valence-corrected chi connectivity index (χ1v) is 7.11. The molecule has 0 unspecified atom stereocenters. The number of amides is 2. The first-order valence-electron chi connectivity index (χ1n) is 7.11. The molecule has 0 aliphatic carbocycles. The fourth-order valence-corrected chi connectivity index (χ4v) is 3.17. The van der Waals surface area contributed by atoms with Crippen molar-refractivity contribution < 1.29 is 14.3 Å². The molecule has 3 aliphatic heterocycles. The number of piperidine rings is 2. The van der Waals surface area contributed by atoms with Crippen LogP contribution < -0.4 is 0 Å². The van der Waals surface area contributed by atoms with Crippen molar-refractivity contribution >= 4 is 6.03 Å². The van der Waals surface area contributed by atoms with E-state index in [1.165, 1.54) is 6.42 Å². The molecule has 0 aromatic carbocycles. The van der Waals surface area contributed by atoms with E-state index in [0.717, 1.165) is 45.3 Å². The van der Waals surface area contributed by atoms with E-state index >= 15 is 0 Å². The van der Waals surface area contributed by atoms with Crippen molar-refractivity contribution in [1.82, 2.24) is 9.80 Å². The molecule has 3 rings (SSSR count). The number of carbonyl (C=O) groups is 1. The van der Waals surface area contributed by atoms with Gasteiger partial charge < -0.3 is 19.3 Å². The standard InChI is InChI=1S/C13H22N2O3/c16-12(14-6-2-1-3-7-14)15-8-4-5-13(11-15)17-9-10-18-13/h1-11H2. The molecule has 5 nitrogen and oxygen atoms in total. The molecule has 0 atom stereocenters. The molecule has 0 N–H and O–H groups in total. The summed E-state index contributed by atoms with van der Waals surface area (Å²) in [6, 6.07) is 0.174. The molecule has 0 radical (unpaired) electrons. The van der Waals surface area contributed by atoms with E-state index in [2.05, 4.69) is 0 Å². The van der Waals surface area contributed by atoms with Crippen LogP contribution >= 0.6 is 0 Å². The molecule has 3 aliphatic rings. The highest BCUT2D eigenvalue weighted by atomic mass is 16.7. The van der Waals surface area contributed by atoms with Crippen molar-refractivity contribution in [2.75, 3.05) is 39.4 Å². The van der Waals surface area contributed by atoms with Crippen LogP contribution in [0.5, 0.6) is 0 Å². The van der Waals surface area contributed by atoms with Gasteiger partial charge in [-0.3, -0.25) is 0 Å². The number of hydrogen-bond acceptors (Lipinski definition) is 3. The van der Waals surface area contributed by atoms with E-state index < -0.39 is 5.79 Å². The summed E-state index contributed by atoms with van der Waals surface area (Å²) >= 11 is 0. The molecule has 0 aromatic rings. The third kappa shape index (κ3) is 2.34. The average molecular weight is 254 g/mol. The second kappa shape index (κ2) is 5.05. The maximum Gasteiger partial charge on any atom is 0.320 e. The summed E-state index contributed by atoms with van der Waals surface area (Å²) in [5.74, 6) is -0.496. The van der Waals surface area contributed by atoms with Crippen molar-refractivity contribution in [3.63, 3.8) is 0 Å². The van der Waals surface area contributed by atoms with Gasteiger partial charge in [0.15, 0.2) is 5.79 Å². The maximum absolute atomic E-state index is 12.4. The van der Waals surface area contributed by atoms with E-state index in [9.17, 15) is 4.79 Å². The zero-order chi connectivity index (χ0) is 12.4. The zero-order valence-corrected chi connectivity index (χ0v) is 10.9. The van der Waals surface area contributed by atoms with E-state index in [4.69, 9.17) is 9.47 Å². The third-order valence-electron chi connectivity index (χ3n) is 4.13. The Bertz CT molecular complexity index is 309. The predicted molar refractivity (Wildman–Crippen MR) is 66.3 cm³/mol. The number of rotatable bonds is 0. The van der Waals surface area contributed by atoms with E-state index in [1.807, 2.05) is 9.80 Å². The predicted octanol–water partition coefficient (Wildman–Crippen LogP) is 1.43. The minimum Gasteiger partial charge on any atom is -0.346 e. The molecule has 102 valence electrons. The van der Waals surface area contributed by atoms with Crippen LogP contribution in [-0.4, -0.2) is 61.0 Å². The second-order valence-electron chi connectivity index (χ2n) is 5.46. The smallest absolute Gasteiger partial charge is 0.320 e. The van der Waals surface area contributed by atoms with Crippen molar-refractivity contribution in [3.05, 3.63) is 0 Å². The molecule has 3 saturated heterocycles. The number of likely N-dealkylation sites (tertiary alicyclic amines) is 2. The Morgan fingerprint density at radius 2 is 1.56 bits per heavy atom. The van der Waals surface area contributed by atoms with Crippen LogP contribution in [0.3, 0.4) is 0 Å². The summed E-state index contributed by atoms with van der Waals surface area (Å²) in [6.07, 6.45) is 5.41. The lowest BCUT2D eigenvalue weighted by molar-refractivity contribution is -0.183. The van der Waals surface area contributed by atoms with Crippen LogP contribution in [0.4, 0.5) is 4.79 Å². The zero-order valence-electron chi connectivity index (χ0n) is 10.9. The molecule has 2 amide bonds. The molecule has 0 aromatic heterocycles. The molecular formula is C13H22N2O3. The quantitative estimate of drug-likeness (QED) is 0.657. The summed E-state index contributed by atoms with van der Waals surface area (Å²) in [4.78, 5) is 16.3. The third-order valence-corrected chi connectivity index (χ3v) is 4.13. The minimum absolute atomic E-state index is 0.174. The SMILES string of the molecule is O=C(N1CCCCC1)N1CCCC2(C1)OCCO2. The lowest BCUT2D eigenvalue weighted by atomic mass is 10.0. The Morgan fingerprint density at radius 1 is 0.889 bits per heavy atom. The van der Waals surface area contributed by atoms with Gasteiger partial charge in [-0.05, 0) is 25.7 Å². The molecule has 0 saturated carbocycles. The van der Waals surface area contributed by atoms with Gasteiger partial charge in [0.25, 0.3) is 0 Å². The molecule has 1 spiro atoms. The average Bonchev–Trinajstić information content (AvgIpc) is 2.87. The van der Waals surface area contributed by atoms with Gasteiger partial charge in [0.05, 0.1) is 19.8 Å². The molecule has 3 fully saturated rings. The highest BCUT2D eigenvalue weighted by Gasteiger charge is 2.42. The van der Waals surface area contributed by atoms with Crippen LogP contribution in [0, 0.1) is 0 Å². The monoisotopic (exact) mass is 254 g/mol. The molecule has 18 heavy (non-hydrogen) atoms. The number of carbonyl (C=O) groups excluding carboxylic acids is 1. The molecular weight excluding hydrogens is 232 g/mol. The topological polar surface area (TPSA) is 42.0 Å². The van der Waals surface area contributed by atoms with Crippen LogP contribution in [0.25, 0.3) is 0 Å². The Kier molecular flexibility index (Phi) is 3.43. The van der Waals surface area contributed by atoms with E-state index in [-0.39, 0.29) is 6.03 Å². The lowest BCUT2D eigenvalue weighted by Crippen LogP contribution is -2.55. The second-order valence-corrected chi connectivity index (χ2v) is 5.46. The normalized spacial score (nSPS) is 27.8. The molecule has 5 heteroatoms. The van der Waals surface area contributed by atoms with E-state index in [0.29, 0.717) is 19.8 Å². The van der Waals surface area contributed by atoms with Crippen LogP contribution in [0.1, 0.15) is 32.1 Å². The van der Waals surface area contributed by atoms with Gasteiger partial charge in [-0.25, -0.2) is 4.79 Å². The van der Waals surface area contributed by atoms with Gasteiger partial charge in [0.1, 0.15) is 0 Å². The Labute approximate surface area is 108 Å². The van der Waals surface area contributed by atoms with Crippen molar-refractivity contribution in [2.24, 2.45) is 0 Å². The fraction of sp³-hybridized carbons (Fsp3) is 0.923. The van der Waals surface area contributed by atoms with Gasteiger partial charge in [0.2, 0.25) is 0 Å². The largest absolute Gasteiger partial charge is 0.346 e. The van der Waals surface area contributed by atoms with Crippen molar-refractivity contribution in [2.45, 2.75) is 37.9 Å². The summed E-state index contributed by atoms with van der Waals surface area (Å²) in [6.45, 7) is 4.57. The van der Waals surface area contributed by atoms with Gasteiger partial charge >= 0.3 is 6.03 Å². The van der Waals surface area contributed by atoms with Crippen molar-refractivity contribution in [3.8, 4) is 0 Å². The van der Waals surface area contributed by atoms with Crippen LogP contribution in [0.15, 0.2) is 0 Å². The fourth-order valence-electron chi connectivity index (χ4n) is 3.17. The van der Waals surface area contributed by atoms with Gasteiger partial charge in [-0.15, -0.1) is 0 Å². The highest BCUT2D eigenvalue weighted by Crippen LogP contribution is 2.30. The number of hydrogen-bond donors (Lipinski definition) is 0. The number of nitrogens with zero attached hydrogens (tertiary/aromatic N) is 2. The van der Waals surface area contributed by atoms with E-state index in [1.54, 1.807) is 0 Å². The summed E-state index contributed by atoms with van der Waals surface area (Å²) in [7, 11) is 0. The molecule has 0 bridgehead atoms. The number of ether oxygens (including phenoxy) is 2. The summed E-state index contributed by atoms with van der Waals surface area (Å²) in [5, 5.41) is 0. The highest BCUT2D eigenvalue weighted by molar-refractivity contribution is 5.74. The number of urea groups is 1. The summed E-state index contributed by atoms with van der Waals surface area (Å²) < 4.78 is 11.4. The molecule has 3 heterocycles. The van der Waals surface area contributed by atoms with Gasteiger partial charge in [0, 0.05) is 26.1 Å². The minimum atomic E-state index is -0.496. The Balaban J connectivity index is 1.62. The lowest BCUT2D eigenvalue weighted by Gasteiger charge is -2.41. The van der Waals surface area contributed by atoms with Gasteiger partial charge in [-0.2, -0.15) is 0 Å². The first-order chi connectivity index (χ1) is 8.79. The van der Waals surface area contributed by atoms with Gasteiger partial charge in [-0.1, -0.05) is 0 Å². The Hall–Kier alpha value is -0.810.